The molecule has 1 aliphatic heterocycles. The van der Waals surface area contributed by atoms with Crippen molar-refractivity contribution in [2.24, 2.45) is 0 Å². The van der Waals surface area contributed by atoms with Gasteiger partial charge < -0.3 is 9.72 Å². The van der Waals surface area contributed by atoms with Crippen LogP contribution < -0.4 is 4.74 Å². The van der Waals surface area contributed by atoms with Crippen molar-refractivity contribution in [3.63, 3.8) is 0 Å². The van der Waals surface area contributed by atoms with E-state index in [2.05, 4.69) is 48.2 Å². The molecule has 1 aliphatic rings. The van der Waals surface area contributed by atoms with Crippen molar-refractivity contribution >= 4 is 23.4 Å². The molecule has 8 heteroatoms. The Kier molecular flexibility index (Phi) is 5.02. The van der Waals surface area contributed by atoms with Gasteiger partial charge in [0, 0.05) is 37.1 Å². The van der Waals surface area contributed by atoms with Crippen molar-refractivity contribution in [2.75, 3.05) is 13.7 Å². The van der Waals surface area contributed by atoms with Gasteiger partial charge in [0.05, 0.1) is 30.5 Å². The summed E-state index contributed by atoms with van der Waals surface area (Å²) >= 11 is 0. The third kappa shape index (κ3) is 3.23. The van der Waals surface area contributed by atoms with Crippen molar-refractivity contribution in [1.29, 1.82) is 0 Å². The number of halogens is 1. The number of rotatable bonds is 4. The first-order valence-corrected chi connectivity index (χ1v) is 8.98. The van der Waals surface area contributed by atoms with Gasteiger partial charge in [-0.1, -0.05) is 12.1 Å². The molecule has 1 unspecified atom stereocenters. The van der Waals surface area contributed by atoms with Crippen molar-refractivity contribution in [2.45, 2.75) is 19.0 Å². The van der Waals surface area contributed by atoms with Crippen LogP contribution in [-0.2, 0) is 13.1 Å². The first kappa shape index (κ1) is 18.5. The van der Waals surface area contributed by atoms with E-state index in [4.69, 9.17) is 4.74 Å². The predicted molar refractivity (Wildman–Crippen MR) is 109 cm³/mol. The van der Waals surface area contributed by atoms with E-state index >= 15 is 0 Å². The van der Waals surface area contributed by atoms with Gasteiger partial charge in [-0.05, 0) is 29.8 Å². The summed E-state index contributed by atoms with van der Waals surface area (Å²) in [6, 6.07) is 12.3. The van der Waals surface area contributed by atoms with Gasteiger partial charge in [-0.15, -0.1) is 12.4 Å². The molecule has 4 heterocycles. The number of imidazole rings is 1. The Morgan fingerprint density at radius 3 is 2.86 bits per heavy atom. The topological polar surface area (TPSA) is 82.7 Å². The zero-order chi connectivity index (χ0) is 18.2. The van der Waals surface area contributed by atoms with Crippen LogP contribution in [0, 0.1) is 0 Å². The summed E-state index contributed by atoms with van der Waals surface area (Å²) in [4.78, 5) is 14.6. The van der Waals surface area contributed by atoms with Gasteiger partial charge in [0.1, 0.15) is 5.75 Å². The third-order valence-electron chi connectivity index (χ3n) is 5.21. The van der Waals surface area contributed by atoms with Crippen LogP contribution in [0.3, 0.4) is 0 Å². The minimum absolute atomic E-state index is 0. The quantitative estimate of drug-likeness (QED) is 0.553. The first-order valence-electron chi connectivity index (χ1n) is 8.98. The lowest BCUT2D eigenvalue weighted by atomic mass is 9.90. The summed E-state index contributed by atoms with van der Waals surface area (Å²) in [5.74, 6) is 1.09. The number of methoxy groups -OCH3 is 1. The largest absolute Gasteiger partial charge is 0.497 e. The zero-order valence-corrected chi connectivity index (χ0v) is 16.2. The number of hydrogen-bond acceptors (Lipinski definition) is 5. The zero-order valence-electron chi connectivity index (χ0n) is 15.4. The highest BCUT2D eigenvalue weighted by molar-refractivity contribution is 5.85. The number of aromatic amines is 2. The van der Waals surface area contributed by atoms with Gasteiger partial charge in [-0.25, -0.2) is 9.97 Å². The standard InChI is InChI=1S/C20H20N6O.ClH/c1-27-14-6-4-13(5-7-14)16-9-26(11-18-19(16)23-12-22-18)10-17-15-3-2-8-21-20(15)25-24-17;/h2-8,12,16H,9-11H2,1H3,(H,22,23)(H,21,24,25);1H. The highest BCUT2D eigenvalue weighted by Gasteiger charge is 2.29. The molecule has 5 rings (SSSR count). The number of nitrogens with one attached hydrogen (secondary N) is 2. The van der Waals surface area contributed by atoms with E-state index in [-0.39, 0.29) is 18.3 Å². The molecular formula is C20H21ClN6O. The van der Waals surface area contributed by atoms with Crippen LogP contribution in [0.4, 0.5) is 0 Å². The summed E-state index contributed by atoms with van der Waals surface area (Å²) in [5, 5.41) is 8.55. The molecule has 0 bridgehead atoms. The van der Waals surface area contributed by atoms with Crippen LogP contribution in [0.1, 0.15) is 28.6 Å². The molecule has 1 atom stereocenters. The molecule has 28 heavy (non-hydrogen) atoms. The van der Waals surface area contributed by atoms with E-state index in [0.717, 1.165) is 47.8 Å². The molecule has 0 amide bonds. The van der Waals surface area contributed by atoms with Crippen molar-refractivity contribution in [3.8, 4) is 5.75 Å². The fourth-order valence-corrected chi connectivity index (χ4v) is 3.86. The van der Waals surface area contributed by atoms with Gasteiger partial charge in [0.2, 0.25) is 0 Å². The Labute approximate surface area is 168 Å². The lowest BCUT2D eigenvalue weighted by Crippen LogP contribution is -2.34. The lowest BCUT2D eigenvalue weighted by molar-refractivity contribution is 0.226. The highest BCUT2D eigenvalue weighted by Crippen LogP contribution is 2.33. The molecule has 4 aromatic rings. The molecule has 2 N–H and O–H groups in total. The number of H-pyrrole nitrogens is 2. The normalized spacial score (nSPS) is 16.5. The summed E-state index contributed by atoms with van der Waals surface area (Å²) in [6.07, 6.45) is 3.56. The summed E-state index contributed by atoms with van der Waals surface area (Å²) in [7, 11) is 1.69. The maximum absolute atomic E-state index is 5.29. The van der Waals surface area contributed by atoms with E-state index in [1.54, 1.807) is 19.6 Å². The molecule has 3 aromatic heterocycles. The fourth-order valence-electron chi connectivity index (χ4n) is 3.86. The summed E-state index contributed by atoms with van der Waals surface area (Å²) < 4.78 is 5.29. The fraction of sp³-hybridized carbons (Fsp3) is 0.250. The van der Waals surface area contributed by atoms with Crippen LogP contribution in [0.25, 0.3) is 11.0 Å². The number of nitrogens with zero attached hydrogens (tertiary/aromatic N) is 4. The Balaban J connectivity index is 0.00000192. The molecule has 0 saturated heterocycles. The number of benzene rings is 1. The average molecular weight is 397 g/mol. The van der Waals surface area contributed by atoms with Crippen LogP contribution in [0.15, 0.2) is 48.9 Å². The van der Waals surface area contributed by atoms with E-state index in [9.17, 15) is 0 Å². The Bertz CT molecular complexity index is 1070. The number of pyridine rings is 1. The van der Waals surface area contributed by atoms with Crippen LogP contribution in [-0.4, -0.2) is 43.7 Å². The maximum atomic E-state index is 5.29. The molecule has 1 aromatic carbocycles. The van der Waals surface area contributed by atoms with Gasteiger partial charge in [0.25, 0.3) is 0 Å². The van der Waals surface area contributed by atoms with Crippen molar-refractivity contribution in [3.05, 3.63) is 71.6 Å². The number of ether oxygens (including phenoxy) is 1. The predicted octanol–water partition coefficient (Wildman–Crippen LogP) is 3.26. The SMILES string of the molecule is COc1ccc(C2CN(Cc3[nH]nc4ncccc34)Cc3[nH]cnc32)cc1.Cl. The molecule has 0 radical (unpaired) electrons. The molecular weight excluding hydrogens is 376 g/mol. The Morgan fingerprint density at radius 1 is 1.18 bits per heavy atom. The van der Waals surface area contributed by atoms with E-state index in [1.165, 1.54) is 11.3 Å². The molecule has 0 spiro atoms. The summed E-state index contributed by atoms with van der Waals surface area (Å²) in [5.41, 5.74) is 5.40. The van der Waals surface area contributed by atoms with Gasteiger partial charge in [-0.2, -0.15) is 5.10 Å². The molecule has 0 aliphatic carbocycles. The second-order valence-electron chi connectivity index (χ2n) is 6.84. The number of aromatic nitrogens is 5. The van der Waals surface area contributed by atoms with Crippen LogP contribution >= 0.6 is 12.4 Å². The molecule has 0 fully saturated rings. The van der Waals surface area contributed by atoms with Crippen LogP contribution in [0.5, 0.6) is 5.75 Å². The smallest absolute Gasteiger partial charge is 0.181 e. The maximum Gasteiger partial charge on any atom is 0.181 e. The average Bonchev–Trinajstić information content (AvgIpc) is 3.35. The number of fused-ring (bicyclic) bond motifs is 2. The second kappa shape index (κ2) is 7.61. The summed E-state index contributed by atoms with van der Waals surface area (Å²) in [6.45, 7) is 2.51. The van der Waals surface area contributed by atoms with E-state index < -0.39 is 0 Å². The van der Waals surface area contributed by atoms with E-state index in [1.807, 2.05) is 18.2 Å². The Hall–Kier alpha value is -2.90. The van der Waals surface area contributed by atoms with Crippen molar-refractivity contribution in [1.82, 2.24) is 30.0 Å². The minimum atomic E-state index is 0. The number of hydrogen-bond donors (Lipinski definition) is 2. The van der Waals surface area contributed by atoms with Gasteiger partial charge in [-0.3, -0.25) is 10.00 Å². The Morgan fingerprint density at radius 2 is 2.04 bits per heavy atom. The molecule has 0 saturated carbocycles. The minimum Gasteiger partial charge on any atom is -0.497 e. The van der Waals surface area contributed by atoms with Crippen LogP contribution in [0.2, 0.25) is 0 Å². The molecule has 144 valence electrons. The highest BCUT2D eigenvalue weighted by atomic mass is 35.5. The monoisotopic (exact) mass is 396 g/mol. The van der Waals surface area contributed by atoms with Gasteiger partial charge in [0.15, 0.2) is 5.65 Å². The van der Waals surface area contributed by atoms with E-state index in [0.29, 0.717) is 0 Å². The van der Waals surface area contributed by atoms with Gasteiger partial charge >= 0.3 is 0 Å². The third-order valence-corrected chi connectivity index (χ3v) is 5.21. The first-order chi connectivity index (χ1) is 13.3. The second-order valence-corrected chi connectivity index (χ2v) is 6.84. The lowest BCUT2D eigenvalue weighted by Gasteiger charge is -2.32. The van der Waals surface area contributed by atoms with Crippen molar-refractivity contribution < 1.29 is 4.74 Å². The molecule has 7 nitrogen and oxygen atoms in total.